The first-order valence-electron chi connectivity index (χ1n) is 11.7. The van der Waals surface area contributed by atoms with Crippen LogP contribution in [0, 0.1) is 23.7 Å². The lowest BCUT2D eigenvalue weighted by Crippen LogP contribution is -3.30. The molecule has 1 aromatic carbocycles. The molecule has 0 atom stereocenters. The number of quaternary nitrogens is 2. The second-order valence-corrected chi connectivity index (χ2v) is 10.1. The molecule has 1 saturated heterocycles. The van der Waals surface area contributed by atoms with Crippen molar-refractivity contribution in [3.05, 3.63) is 17.7 Å². The Bertz CT molecular complexity index is 701. The van der Waals surface area contributed by atoms with Gasteiger partial charge in [0.15, 0.2) is 11.5 Å². The second-order valence-electron chi connectivity index (χ2n) is 10.1. The maximum Gasteiger partial charge on any atom is 0.164 e. The molecular formula is C24H38N2O3+2. The van der Waals surface area contributed by atoms with Gasteiger partial charge in [0.2, 0.25) is 0 Å². The third-order valence-electron chi connectivity index (χ3n) is 8.52. The summed E-state index contributed by atoms with van der Waals surface area (Å²) >= 11 is 0. The molecule has 2 N–H and O–H groups in total. The minimum Gasteiger partial charge on any atom is -0.496 e. The number of piperazine rings is 1. The molecule has 160 valence electrons. The minimum atomic E-state index is 0.735. The predicted octanol–water partition coefficient (Wildman–Crippen LogP) is 0.821. The van der Waals surface area contributed by atoms with Gasteiger partial charge in [0.1, 0.15) is 38.5 Å². The van der Waals surface area contributed by atoms with Crippen molar-refractivity contribution in [2.24, 2.45) is 23.7 Å². The van der Waals surface area contributed by atoms with Gasteiger partial charge in [-0.15, -0.1) is 0 Å². The summed E-state index contributed by atoms with van der Waals surface area (Å²) in [7, 11) is 5.12. The fraction of sp³-hybridized carbons (Fsp3) is 0.750. The zero-order chi connectivity index (χ0) is 20.0. The van der Waals surface area contributed by atoms with Gasteiger partial charge in [0.05, 0.1) is 32.9 Å². The van der Waals surface area contributed by atoms with E-state index in [4.69, 9.17) is 14.2 Å². The molecule has 4 bridgehead atoms. The number of nitrogens with one attached hydrogen (secondary N) is 2. The summed E-state index contributed by atoms with van der Waals surface area (Å²) in [5.41, 5.74) is 1.22. The van der Waals surface area contributed by atoms with Crippen LogP contribution < -0.4 is 24.0 Å². The van der Waals surface area contributed by atoms with E-state index in [2.05, 4.69) is 6.07 Å². The van der Waals surface area contributed by atoms with Gasteiger partial charge in [0.25, 0.3) is 0 Å². The number of benzene rings is 1. The molecule has 5 aliphatic rings. The van der Waals surface area contributed by atoms with E-state index in [9.17, 15) is 0 Å². The molecule has 29 heavy (non-hydrogen) atoms. The molecule has 0 aromatic heterocycles. The van der Waals surface area contributed by atoms with Crippen LogP contribution in [0.4, 0.5) is 0 Å². The summed E-state index contributed by atoms with van der Waals surface area (Å²) in [4.78, 5) is 3.60. The van der Waals surface area contributed by atoms with Gasteiger partial charge in [0, 0.05) is 17.9 Å². The molecule has 1 aromatic rings. The molecule has 5 heteroatoms. The zero-order valence-corrected chi connectivity index (χ0v) is 18.3. The topological polar surface area (TPSA) is 36.6 Å². The van der Waals surface area contributed by atoms with Gasteiger partial charge in [-0.2, -0.15) is 0 Å². The minimum absolute atomic E-state index is 0.735. The van der Waals surface area contributed by atoms with E-state index in [-0.39, 0.29) is 0 Å². The molecule has 4 saturated carbocycles. The number of ether oxygens (including phenoxy) is 3. The molecule has 0 radical (unpaired) electrons. The first-order chi connectivity index (χ1) is 14.2. The first kappa shape index (κ1) is 19.5. The van der Waals surface area contributed by atoms with Gasteiger partial charge in [-0.1, -0.05) is 0 Å². The van der Waals surface area contributed by atoms with Crippen LogP contribution in [0.3, 0.4) is 0 Å². The molecule has 1 aliphatic heterocycles. The number of hydrogen-bond donors (Lipinski definition) is 2. The maximum atomic E-state index is 5.66. The van der Waals surface area contributed by atoms with Crippen molar-refractivity contribution in [3.63, 3.8) is 0 Å². The average Bonchev–Trinajstić information content (AvgIpc) is 2.73. The molecule has 5 fully saturated rings. The van der Waals surface area contributed by atoms with Crippen molar-refractivity contribution in [1.82, 2.24) is 0 Å². The second kappa shape index (κ2) is 7.99. The van der Waals surface area contributed by atoms with Gasteiger partial charge >= 0.3 is 0 Å². The lowest BCUT2D eigenvalue weighted by molar-refractivity contribution is -1.03. The highest BCUT2D eigenvalue weighted by Crippen LogP contribution is 2.53. The quantitative estimate of drug-likeness (QED) is 0.740. The average molecular weight is 403 g/mol. The maximum absolute atomic E-state index is 5.66. The van der Waals surface area contributed by atoms with Crippen molar-refractivity contribution >= 4 is 0 Å². The van der Waals surface area contributed by atoms with Crippen molar-refractivity contribution in [3.8, 4) is 17.2 Å². The summed E-state index contributed by atoms with van der Waals surface area (Å²) in [5.74, 6) is 6.67. The van der Waals surface area contributed by atoms with Crippen molar-refractivity contribution in [2.45, 2.75) is 44.7 Å². The van der Waals surface area contributed by atoms with E-state index in [1.165, 1.54) is 31.7 Å². The van der Waals surface area contributed by atoms with E-state index in [1.807, 2.05) is 11.0 Å². The van der Waals surface area contributed by atoms with Crippen LogP contribution in [0.2, 0.25) is 0 Å². The number of rotatable bonds is 6. The van der Waals surface area contributed by atoms with E-state index in [0.29, 0.717) is 0 Å². The Hall–Kier alpha value is -1.46. The Kier molecular flexibility index (Phi) is 5.37. The van der Waals surface area contributed by atoms with Crippen LogP contribution in [0.1, 0.15) is 37.7 Å². The summed E-state index contributed by atoms with van der Waals surface area (Å²) in [5, 5.41) is 0. The Balaban J connectivity index is 1.23. The predicted molar refractivity (Wildman–Crippen MR) is 112 cm³/mol. The number of methoxy groups -OCH3 is 3. The smallest absolute Gasteiger partial charge is 0.164 e. The molecular weight excluding hydrogens is 364 g/mol. The third-order valence-corrected chi connectivity index (χ3v) is 8.52. The molecule has 5 nitrogen and oxygen atoms in total. The molecule has 6 rings (SSSR count). The fourth-order valence-corrected chi connectivity index (χ4v) is 7.53. The normalized spacial score (nSPS) is 38.1. The highest BCUT2D eigenvalue weighted by molar-refractivity contribution is 5.50. The van der Waals surface area contributed by atoms with E-state index in [1.54, 1.807) is 58.3 Å². The molecule has 0 unspecified atom stereocenters. The third kappa shape index (κ3) is 3.61. The standard InChI is InChI=1S/C24H36N2O3/c1-27-21-14-23(29-3)22(28-2)13-20(21)15-25-4-6-26(7-5-25)24-18-9-16-8-17(11-18)12-19(24)10-16/h13-14,16-19,24H,4-12,15H2,1-3H3/p+2. The van der Waals surface area contributed by atoms with Gasteiger partial charge in [-0.3, -0.25) is 0 Å². The van der Waals surface area contributed by atoms with Crippen LogP contribution in [0.15, 0.2) is 12.1 Å². The monoisotopic (exact) mass is 402 g/mol. The Labute approximate surface area is 175 Å². The Morgan fingerprint density at radius 2 is 1.28 bits per heavy atom. The van der Waals surface area contributed by atoms with Gasteiger partial charge in [-0.05, 0) is 50.0 Å². The SMILES string of the molecule is COc1cc(OC)c(OC)cc1C[NH+]1CC[NH+](C2C3CC4CC(C3)CC2C4)CC1. The Morgan fingerprint density at radius 3 is 1.83 bits per heavy atom. The summed E-state index contributed by atoms with van der Waals surface area (Å²) in [6.07, 6.45) is 7.72. The largest absolute Gasteiger partial charge is 0.496 e. The van der Waals surface area contributed by atoms with Crippen LogP contribution in [0.5, 0.6) is 17.2 Å². The highest BCUT2D eigenvalue weighted by atomic mass is 16.5. The molecule has 0 spiro atoms. The molecule has 1 heterocycles. The first-order valence-corrected chi connectivity index (χ1v) is 11.7. The van der Waals surface area contributed by atoms with Gasteiger partial charge in [-0.25, -0.2) is 0 Å². The van der Waals surface area contributed by atoms with Crippen LogP contribution >= 0.6 is 0 Å². The van der Waals surface area contributed by atoms with Crippen molar-refractivity contribution < 1.29 is 24.0 Å². The summed E-state index contributed by atoms with van der Waals surface area (Å²) in [6.45, 7) is 6.18. The summed E-state index contributed by atoms with van der Waals surface area (Å²) < 4.78 is 16.6. The van der Waals surface area contributed by atoms with Crippen LogP contribution in [-0.4, -0.2) is 53.6 Å². The Morgan fingerprint density at radius 1 is 0.724 bits per heavy atom. The van der Waals surface area contributed by atoms with Crippen LogP contribution in [-0.2, 0) is 6.54 Å². The van der Waals surface area contributed by atoms with E-state index >= 15 is 0 Å². The lowest BCUT2D eigenvalue weighted by atomic mass is 9.54. The molecule has 4 aliphatic carbocycles. The van der Waals surface area contributed by atoms with Crippen molar-refractivity contribution in [2.75, 3.05) is 47.5 Å². The lowest BCUT2D eigenvalue weighted by Gasteiger charge is -2.55. The van der Waals surface area contributed by atoms with E-state index in [0.717, 1.165) is 53.5 Å². The number of hydrogen-bond acceptors (Lipinski definition) is 3. The summed E-state index contributed by atoms with van der Waals surface area (Å²) in [6, 6.07) is 5.03. The highest BCUT2D eigenvalue weighted by Gasteiger charge is 2.52. The van der Waals surface area contributed by atoms with Crippen molar-refractivity contribution in [1.29, 1.82) is 0 Å². The van der Waals surface area contributed by atoms with Gasteiger partial charge < -0.3 is 24.0 Å². The van der Waals surface area contributed by atoms with E-state index < -0.39 is 0 Å². The zero-order valence-electron chi connectivity index (χ0n) is 18.3. The van der Waals surface area contributed by atoms with Crippen LogP contribution in [0.25, 0.3) is 0 Å². The fourth-order valence-electron chi connectivity index (χ4n) is 7.53. The molecule has 0 amide bonds.